The van der Waals surface area contributed by atoms with Gasteiger partial charge in [-0.3, -0.25) is 4.79 Å². The lowest BCUT2D eigenvalue weighted by Crippen LogP contribution is -2.06. The van der Waals surface area contributed by atoms with Crippen molar-refractivity contribution in [3.05, 3.63) is 29.9 Å². The van der Waals surface area contributed by atoms with Crippen molar-refractivity contribution in [1.29, 1.82) is 0 Å². The Morgan fingerprint density at radius 1 is 1.47 bits per heavy atom. The average Bonchev–Trinajstić information content (AvgIpc) is 2.68. The zero-order valence-electron chi connectivity index (χ0n) is 8.47. The maximum absolute atomic E-state index is 10.8. The summed E-state index contributed by atoms with van der Waals surface area (Å²) < 4.78 is 0. The Kier molecular flexibility index (Phi) is 2.49. The molecule has 4 nitrogen and oxygen atoms in total. The summed E-state index contributed by atoms with van der Waals surface area (Å²) in [6.45, 7) is 1.83. The molecule has 0 spiro atoms. The minimum absolute atomic E-state index is 0.346. The quantitative estimate of drug-likeness (QED) is 0.795. The Hall–Kier alpha value is -1.71. The molecule has 0 aliphatic heterocycles. The van der Waals surface area contributed by atoms with Gasteiger partial charge in [-0.25, -0.2) is 9.97 Å². The van der Waals surface area contributed by atoms with Gasteiger partial charge >= 0.3 is 5.97 Å². The lowest BCUT2D eigenvalue weighted by Gasteiger charge is -1.99. The predicted molar refractivity (Wildman–Crippen MR) is 55.1 cm³/mol. The highest BCUT2D eigenvalue weighted by atomic mass is 16.4. The molecule has 0 saturated carbocycles. The van der Waals surface area contributed by atoms with Crippen molar-refractivity contribution in [3.63, 3.8) is 0 Å². The summed E-state index contributed by atoms with van der Waals surface area (Å²) in [6.07, 6.45) is 6.77. The fraction of sp³-hybridized carbons (Fsp3) is 0.364. The van der Waals surface area contributed by atoms with Crippen LogP contribution in [0.15, 0.2) is 18.5 Å². The van der Waals surface area contributed by atoms with Crippen molar-refractivity contribution < 1.29 is 9.90 Å². The van der Waals surface area contributed by atoms with Gasteiger partial charge < -0.3 is 5.11 Å². The molecule has 1 aliphatic carbocycles. The Labute approximate surface area is 87.7 Å². The molecule has 1 aromatic rings. The average molecular weight is 204 g/mol. The fourth-order valence-electron chi connectivity index (χ4n) is 1.71. The van der Waals surface area contributed by atoms with Crippen LogP contribution in [0.2, 0.25) is 0 Å². The molecule has 0 fully saturated rings. The SMILES string of the molecule is Cc1ncc(C2=CC(C(=O)O)CC2)cn1. The van der Waals surface area contributed by atoms with Gasteiger partial charge in [-0.15, -0.1) is 0 Å². The maximum atomic E-state index is 10.8. The molecule has 0 aromatic carbocycles. The second-order valence-electron chi connectivity index (χ2n) is 3.69. The highest BCUT2D eigenvalue weighted by Crippen LogP contribution is 2.30. The second kappa shape index (κ2) is 3.81. The minimum Gasteiger partial charge on any atom is -0.481 e. The van der Waals surface area contributed by atoms with Crippen molar-refractivity contribution in [2.24, 2.45) is 5.92 Å². The van der Waals surface area contributed by atoms with E-state index >= 15 is 0 Å². The molecule has 1 unspecified atom stereocenters. The first-order valence-electron chi connectivity index (χ1n) is 4.89. The molecular formula is C11H12N2O2. The van der Waals surface area contributed by atoms with E-state index in [2.05, 4.69) is 9.97 Å². The number of rotatable bonds is 2. The van der Waals surface area contributed by atoms with E-state index in [4.69, 9.17) is 5.11 Å². The lowest BCUT2D eigenvalue weighted by molar-refractivity contribution is -0.140. The zero-order chi connectivity index (χ0) is 10.8. The predicted octanol–water partition coefficient (Wildman–Crippen LogP) is 1.66. The first-order valence-corrected chi connectivity index (χ1v) is 4.89. The summed E-state index contributed by atoms with van der Waals surface area (Å²) in [7, 11) is 0. The van der Waals surface area contributed by atoms with Gasteiger partial charge in [0.25, 0.3) is 0 Å². The number of allylic oxidation sites excluding steroid dienone is 1. The summed E-state index contributed by atoms with van der Waals surface area (Å²) in [5.41, 5.74) is 1.98. The molecule has 0 amide bonds. The zero-order valence-corrected chi connectivity index (χ0v) is 8.47. The standard InChI is InChI=1S/C11H12N2O2/c1-7-12-5-10(6-13-7)8-2-3-9(4-8)11(14)15/h4-6,9H,2-3H2,1H3,(H,14,15). The topological polar surface area (TPSA) is 63.1 Å². The van der Waals surface area contributed by atoms with Crippen LogP contribution in [0.3, 0.4) is 0 Å². The summed E-state index contributed by atoms with van der Waals surface area (Å²) in [4.78, 5) is 18.9. The molecule has 0 saturated heterocycles. The molecule has 4 heteroatoms. The van der Waals surface area contributed by atoms with E-state index < -0.39 is 5.97 Å². The fourth-order valence-corrected chi connectivity index (χ4v) is 1.71. The highest BCUT2D eigenvalue weighted by molar-refractivity contribution is 5.79. The number of carboxylic acids is 1. The van der Waals surface area contributed by atoms with Gasteiger partial charge in [0.1, 0.15) is 5.82 Å². The van der Waals surface area contributed by atoms with Gasteiger partial charge in [0.05, 0.1) is 5.92 Å². The Bertz CT molecular complexity index is 409. The van der Waals surface area contributed by atoms with E-state index in [9.17, 15) is 4.79 Å². The molecule has 1 aromatic heterocycles. The van der Waals surface area contributed by atoms with Crippen molar-refractivity contribution in [2.45, 2.75) is 19.8 Å². The van der Waals surface area contributed by atoms with Gasteiger partial charge in [0, 0.05) is 18.0 Å². The minimum atomic E-state index is -0.752. The van der Waals surface area contributed by atoms with E-state index in [1.165, 1.54) is 0 Å². The monoisotopic (exact) mass is 204 g/mol. The van der Waals surface area contributed by atoms with Crippen LogP contribution in [0.4, 0.5) is 0 Å². The summed E-state index contributed by atoms with van der Waals surface area (Å²) in [5, 5.41) is 8.85. The number of hydrogen-bond acceptors (Lipinski definition) is 3. The normalized spacial score (nSPS) is 20.1. The number of aromatic nitrogens is 2. The Morgan fingerprint density at radius 2 is 2.13 bits per heavy atom. The van der Waals surface area contributed by atoms with Crippen LogP contribution in [0.5, 0.6) is 0 Å². The van der Waals surface area contributed by atoms with Crippen molar-refractivity contribution in [3.8, 4) is 0 Å². The molecule has 0 radical (unpaired) electrons. The molecule has 1 atom stereocenters. The summed E-state index contributed by atoms with van der Waals surface area (Å²) in [6, 6.07) is 0. The first kappa shape index (κ1) is 9.83. The van der Waals surface area contributed by atoms with Crippen LogP contribution in [-0.4, -0.2) is 21.0 Å². The first-order chi connectivity index (χ1) is 7.16. The number of nitrogens with zero attached hydrogens (tertiary/aromatic N) is 2. The third-order valence-electron chi connectivity index (χ3n) is 2.60. The molecule has 1 N–H and O–H groups in total. The number of carboxylic acid groups (broad SMARTS) is 1. The molecule has 15 heavy (non-hydrogen) atoms. The molecule has 1 heterocycles. The van der Waals surface area contributed by atoms with Gasteiger partial charge in [-0.1, -0.05) is 6.08 Å². The van der Waals surface area contributed by atoms with Gasteiger partial charge in [0.2, 0.25) is 0 Å². The van der Waals surface area contributed by atoms with E-state index in [-0.39, 0.29) is 5.92 Å². The summed E-state index contributed by atoms with van der Waals surface area (Å²) >= 11 is 0. The lowest BCUT2D eigenvalue weighted by atomic mass is 10.1. The van der Waals surface area contributed by atoms with Crippen LogP contribution in [0.1, 0.15) is 24.2 Å². The van der Waals surface area contributed by atoms with Crippen LogP contribution >= 0.6 is 0 Å². The molecule has 2 rings (SSSR count). The Balaban J connectivity index is 2.22. The largest absolute Gasteiger partial charge is 0.481 e. The molecular weight excluding hydrogens is 192 g/mol. The van der Waals surface area contributed by atoms with E-state index in [0.717, 1.165) is 23.4 Å². The number of aryl methyl sites for hydroxylation is 1. The van der Waals surface area contributed by atoms with Crippen LogP contribution < -0.4 is 0 Å². The van der Waals surface area contributed by atoms with Crippen molar-refractivity contribution in [2.75, 3.05) is 0 Å². The number of aliphatic carboxylic acids is 1. The van der Waals surface area contributed by atoms with Crippen LogP contribution in [0, 0.1) is 12.8 Å². The number of carbonyl (C=O) groups is 1. The van der Waals surface area contributed by atoms with Crippen molar-refractivity contribution >= 4 is 11.5 Å². The van der Waals surface area contributed by atoms with Crippen LogP contribution in [0.25, 0.3) is 5.57 Å². The van der Waals surface area contributed by atoms with Crippen molar-refractivity contribution in [1.82, 2.24) is 9.97 Å². The number of hydrogen-bond donors (Lipinski definition) is 1. The van der Waals surface area contributed by atoms with Gasteiger partial charge in [-0.05, 0) is 25.3 Å². The van der Waals surface area contributed by atoms with E-state index in [0.29, 0.717) is 6.42 Å². The maximum Gasteiger partial charge on any atom is 0.310 e. The van der Waals surface area contributed by atoms with E-state index in [1.54, 1.807) is 18.5 Å². The molecule has 0 bridgehead atoms. The second-order valence-corrected chi connectivity index (χ2v) is 3.69. The molecule has 1 aliphatic rings. The smallest absolute Gasteiger partial charge is 0.310 e. The van der Waals surface area contributed by atoms with E-state index in [1.807, 2.05) is 6.92 Å². The van der Waals surface area contributed by atoms with Gasteiger partial charge in [0.15, 0.2) is 0 Å². The summed E-state index contributed by atoms with van der Waals surface area (Å²) in [5.74, 6) is -0.369. The van der Waals surface area contributed by atoms with Gasteiger partial charge in [-0.2, -0.15) is 0 Å². The van der Waals surface area contributed by atoms with Crippen LogP contribution in [-0.2, 0) is 4.79 Å². The molecule has 78 valence electrons. The Morgan fingerprint density at radius 3 is 2.67 bits per heavy atom. The third-order valence-corrected chi connectivity index (χ3v) is 2.60. The third kappa shape index (κ3) is 2.03. The highest BCUT2D eigenvalue weighted by Gasteiger charge is 2.22.